The van der Waals surface area contributed by atoms with Gasteiger partial charge >= 0.3 is 11.9 Å². The van der Waals surface area contributed by atoms with E-state index in [2.05, 4.69) is 0 Å². The smallest absolute Gasteiger partial charge is 0.335 e. The third kappa shape index (κ3) is 1.57. The summed E-state index contributed by atoms with van der Waals surface area (Å²) in [6, 6.07) is -2.30. The van der Waals surface area contributed by atoms with Gasteiger partial charge in [0.25, 0.3) is 0 Å². The van der Waals surface area contributed by atoms with Crippen LogP contribution in [-0.4, -0.2) is 28.2 Å². The molecule has 0 rings (SSSR count). The molecule has 0 aromatic rings. The first-order chi connectivity index (χ1) is 3.55. The first kappa shape index (κ1) is 6.90. The highest BCUT2D eigenvalue weighted by Gasteiger charge is 2.21. The molecule has 2 N–H and O–H groups in total. The Kier molecular flexibility index (Phi) is 1.96. The number of rotatable bonds is 2. The minimum absolute atomic E-state index is 1.75. The molecule has 0 spiro atoms. The lowest BCUT2D eigenvalue weighted by Crippen LogP contribution is -2.30. The molecule has 5 nitrogen and oxygen atoms in total. The molecule has 0 aliphatic carbocycles. The van der Waals surface area contributed by atoms with Gasteiger partial charge in [0.15, 0.2) is 0 Å². The lowest BCUT2D eigenvalue weighted by molar-refractivity contribution is -0.149. The third-order valence-electron chi connectivity index (χ3n) is 0.468. The van der Waals surface area contributed by atoms with Gasteiger partial charge in [-0.3, -0.25) is 0 Å². The van der Waals surface area contributed by atoms with Crippen LogP contribution in [0.15, 0.2) is 0 Å². The second-order valence-corrected chi connectivity index (χ2v) is 1.08. The summed E-state index contributed by atoms with van der Waals surface area (Å²) in [5.74, 6) is -3.50. The zero-order chi connectivity index (χ0) is 6.73. The van der Waals surface area contributed by atoms with Crippen molar-refractivity contribution in [3.8, 4) is 0 Å². The van der Waals surface area contributed by atoms with Gasteiger partial charge in [-0.15, -0.1) is 5.73 Å². The normalized spacial score (nSPS) is 9.25. The standard InChI is InChI=1S/C3H3NO4/c4-1(2(5)6)3(7)8/h1H,(H,5,6)(H,7,8). The Bertz CT molecular complexity index is 106. The van der Waals surface area contributed by atoms with Gasteiger partial charge in [0.1, 0.15) is 0 Å². The maximum absolute atomic E-state index is 9.51. The fourth-order valence-corrected chi connectivity index (χ4v) is 0.106. The predicted molar refractivity (Wildman–Crippen MR) is 21.2 cm³/mol. The van der Waals surface area contributed by atoms with E-state index in [1.807, 2.05) is 0 Å². The Morgan fingerprint density at radius 3 is 1.50 bits per heavy atom. The molecule has 5 heteroatoms. The lowest BCUT2D eigenvalue weighted by Gasteiger charge is -1.91. The molecular weight excluding hydrogens is 114 g/mol. The molecule has 0 heterocycles. The number of hydrogen-bond donors (Lipinski definition) is 2. The fraction of sp³-hybridized carbons (Fsp3) is 0.333. The van der Waals surface area contributed by atoms with Crippen molar-refractivity contribution in [1.82, 2.24) is 5.73 Å². The number of aliphatic carboxylic acids is 2. The Hall–Kier alpha value is -1.10. The van der Waals surface area contributed by atoms with Crippen LogP contribution in [0.1, 0.15) is 0 Å². The van der Waals surface area contributed by atoms with Crippen molar-refractivity contribution in [2.45, 2.75) is 6.04 Å². The van der Waals surface area contributed by atoms with Crippen LogP contribution in [0.5, 0.6) is 0 Å². The van der Waals surface area contributed by atoms with Gasteiger partial charge in [0, 0.05) is 0 Å². The van der Waals surface area contributed by atoms with Gasteiger partial charge in [-0.05, 0) is 0 Å². The molecule has 2 radical (unpaired) electrons. The van der Waals surface area contributed by atoms with Gasteiger partial charge in [-0.1, -0.05) is 0 Å². The summed E-state index contributed by atoms with van der Waals surface area (Å²) in [5.41, 5.74) is 8.00. The highest BCUT2D eigenvalue weighted by Crippen LogP contribution is 1.78. The van der Waals surface area contributed by atoms with Crippen LogP contribution in [0.2, 0.25) is 0 Å². The number of hydrogen-bond acceptors (Lipinski definition) is 2. The first-order valence-corrected chi connectivity index (χ1v) is 1.69. The van der Waals surface area contributed by atoms with E-state index in [-0.39, 0.29) is 0 Å². The molecule has 0 aliphatic heterocycles. The molecule has 8 heavy (non-hydrogen) atoms. The predicted octanol–water partition coefficient (Wildman–Crippen LogP) is -1.41. The van der Waals surface area contributed by atoms with Gasteiger partial charge in [-0.25, -0.2) is 9.59 Å². The average Bonchev–Trinajstić information content (AvgIpc) is 1.64. The highest BCUT2D eigenvalue weighted by atomic mass is 16.4. The number of carboxylic acids is 2. The van der Waals surface area contributed by atoms with E-state index in [0.717, 1.165) is 0 Å². The van der Waals surface area contributed by atoms with Crippen LogP contribution < -0.4 is 5.73 Å². The molecule has 0 aromatic heterocycles. The van der Waals surface area contributed by atoms with Gasteiger partial charge in [-0.2, -0.15) is 0 Å². The summed E-state index contributed by atoms with van der Waals surface area (Å²) >= 11 is 0. The summed E-state index contributed by atoms with van der Waals surface area (Å²) in [4.78, 5) is 19.0. The molecule has 0 unspecified atom stereocenters. The number of nitrogens with zero attached hydrogens (tertiary/aromatic N) is 1. The molecule has 0 aliphatic rings. The van der Waals surface area contributed by atoms with E-state index in [4.69, 9.17) is 15.9 Å². The molecule has 0 atom stereocenters. The van der Waals surface area contributed by atoms with Crippen molar-refractivity contribution < 1.29 is 19.8 Å². The van der Waals surface area contributed by atoms with E-state index in [9.17, 15) is 9.59 Å². The van der Waals surface area contributed by atoms with Crippen molar-refractivity contribution in [2.75, 3.05) is 0 Å². The van der Waals surface area contributed by atoms with Crippen molar-refractivity contribution >= 4 is 11.9 Å². The molecule has 0 saturated carbocycles. The summed E-state index contributed by atoms with van der Waals surface area (Å²) in [6.07, 6.45) is 0. The molecule has 0 fully saturated rings. The van der Waals surface area contributed by atoms with E-state index >= 15 is 0 Å². The minimum atomic E-state index is -2.30. The van der Waals surface area contributed by atoms with Crippen LogP contribution >= 0.6 is 0 Å². The maximum Gasteiger partial charge on any atom is 0.335 e. The average molecular weight is 117 g/mol. The zero-order valence-corrected chi connectivity index (χ0v) is 3.74. The molecule has 44 valence electrons. The van der Waals surface area contributed by atoms with Gasteiger partial charge < -0.3 is 10.2 Å². The second kappa shape index (κ2) is 2.27. The Morgan fingerprint density at radius 2 is 1.50 bits per heavy atom. The summed E-state index contributed by atoms with van der Waals surface area (Å²) in [5, 5.41) is 15.4. The van der Waals surface area contributed by atoms with E-state index < -0.39 is 18.0 Å². The molecular formula is C3H3NO4. The summed E-state index contributed by atoms with van der Waals surface area (Å²) in [6.45, 7) is 0. The largest absolute Gasteiger partial charge is 0.480 e. The van der Waals surface area contributed by atoms with Gasteiger partial charge in [0.05, 0.1) is 0 Å². The maximum atomic E-state index is 9.51. The lowest BCUT2D eigenvalue weighted by atomic mass is 10.3. The number of carbonyl (C=O) groups is 2. The first-order valence-electron chi connectivity index (χ1n) is 1.69. The van der Waals surface area contributed by atoms with Gasteiger partial charge in [0.2, 0.25) is 6.04 Å². The third-order valence-corrected chi connectivity index (χ3v) is 0.468. The molecule has 0 amide bonds. The highest BCUT2D eigenvalue weighted by molar-refractivity contribution is 5.96. The van der Waals surface area contributed by atoms with Crippen LogP contribution in [-0.2, 0) is 9.59 Å². The van der Waals surface area contributed by atoms with Crippen LogP contribution in [0.4, 0.5) is 0 Å². The Morgan fingerprint density at radius 1 is 1.25 bits per heavy atom. The Balaban J connectivity index is 3.83. The van der Waals surface area contributed by atoms with E-state index in [1.54, 1.807) is 0 Å². The molecule has 0 bridgehead atoms. The molecule has 0 saturated heterocycles. The summed E-state index contributed by atoms with van der Waals surface area (Å²) in [7, 11) is 0. The van der Waals surface area contributed by atoms with E-state index in [1.165, 1.54) is 0 Å². The monoisotopic (exact) mass is 117 g/mol. The SMILES string of the molecule is [N]C(C(=O)O)C(=O)O. The van der Waals surface area contributed by atoms with Crippen molar-refractivity contribution in [3.63, 3.8) is 0 Å². The quantitative estimate of drug-likeness (QED) is 0.434. The van der Waals surface area contributed by atoms with Crippen LogP contribution in [0.25, 0.3) is 0 Å². The minimum Gasteiger partial charge on any atom is -0.480 e. The zero-order valence-electron chi connectivity index (χ0n) is 3.74. The van der Waals surface area contributed by atoms with Crippen molar-refractivity contribution in [1.29, 1.82) is 0 Å². The van der Waals surface area contributed by atoms with Crippen LogP contribution in [0, 0.1) is 0 Å². The van der Waals surface area contributed by atoms with E-state index in [0.29, 0.717) is 0 Å². The van der Waals surface area contributed by atoms with Crippen molar-refractivity contribution in [2.24, 2.45) is 0 Å². The number of carboxylic acid groups (broad SMARTS) is 2. The Labute approximate surface area is 44.7 Å². The summed E-state index contributed by atoms with van der Waals surface area (Å²) < 4.78 is 0. The molecule has 0 aromatic carbocycles. The second-order valence-electron chi connectivity index (χ2n) is 1.08. The topological polar surface area (TPSA) is 96.9 Å². The van der Waals surface area contributed by atoms with Crippen LogP contribution in [0.3, 0.4) is 0 Å². The van der Waals surface area contributed by atoms with Crippen molar-refractivity contribution in [3.05, 3.63) is 0 Å². The fourth-order valence-electron chi connectivity index (χ4n) is 0.106.